The van der Waals surface area contributed by atoms with E-state index in [1.54, 1.807) is 0 Å². The lowest BCUT2D eigenvalue weighted by Gasteiger charge is -2.35. The largest absolute Gasteiger partial charge is 0.391 e. The van der Waals surface area contributed by atoms with Crippen LogP contribution in [0.1, 0.15) is 58.4 Å². The van der Waals surface area contributed by atoms with E-state index in [1.807, 2.05) is 51.1 Å². The Morgan fingerprint density at radius 1 is 1.24 bits per heavy atom. The van der Waals surface area contributed by atoms with Gasteiger partial charge in [0, 0.05) is 17.5 Å². The highest BCUT2D eigenvalue weighted by Crippen LogP contribution is 2.34. The fourth-order valence-corrected chi connectivity index (χ4v) is 3.80. The van der Waals surface area contributed by atoms with E-state index in [2.05, 4.69) is 5.32 Å². The van der Waals surface area contributed by atoms with E-state index >= 15 is 0 Å². The summed E-state index contributed by atoms with van der Waals surface area (Å²) < 4.78 is 0. The van der Waals surface area contributed by atoms with Crippen molar-refractivity contribution in [2.75, 3.05) is 0 Å². The van der Waals surface area contributed by atoms with Gasteiger partial charge in [0.1, 0.15) is 0 Å². The first-order valence-electron chi connectivity index (χ1n) is 9.56. The van der Waals surface area contributed by atoms with Crippen molar-refractivity contribution in [3.05, 3.63) is 35.9 Å². The lowest BCUT2D eigenvalue weighted by molar-refractivity contribution is -0.129. The number of aliphatic hydroxyl groups excluding tert-OH is 1. The van der Waals surface area contributed by atoms with Gasteiger partial charge in [0.2, 0.25) is 5.91 Å². The van der Waals surface area contributed by atoms with Crippen LogP contribution in [0.25, 0.3) is 0 Å². The molecule has 1 aromatic carbocycles. The molecule has 1 amide bonds. The van der Waals surface area contributed by atoms with E-state index in [1.165, 1.54) is 0 Å². The quantitative estimate of drug-likeness (QED) is 0.741. The molecule has 0 saturated heterocycles. The third kappa shape index (κ3) is 6.44. The molecule has 4 N–H and O–H groups in total. The maximum Gasteiger partial charge on any atom is 0.223 e. The minimum absolute atomic E-state index is 0.00782. The van der Waals surface area contributed by atoms with Crippen LogP contribution in [0.5, 0.6) is 0 Å². The van der Waals surface area contributed by atoms with Gasteiger partial charge in [0.05, 0.1) is 6.10 Å². The summed E-state index contributed by atoms with van der Waals surface area (Å²) in [7, 11) is 0. The third-order valence-electron chi connectivity index (χ3n) is 5.10. The molecule has 140 valence electrons. The first kappa shape index (κ1) is 19.9. The van der Waals surface area contributed by atoms with Gasteiger partial charge in [-0.15, -0.1) is 0 Å². The number of carbonyl (C=O) groups excluding carboxylic acids is 1. The molecule has 2 rings (SSSR count). The van der Waals surface area contributed by atoms with Crippen LogP contribution in [0.3, 0.4) is 0 Å². The molecule has 4 heteroatoms. The normalized spacial score (nSPS) is 23.7. The molecule has 4 nitrogen and oxygen atoms in total. The number of hydrogen-bond donors (Lipinski definition) is 3. The number of rotatable bonds is 6. The fourth-order valence-electron chi connectivity index (χ4n) is 3.80. The number of hydrogen-bond acceptors (Lipinski definition) is 3. The van der Waals surface area contributed by atoms with E-state index < -0.39 is 6.10 Å². The highest BCUT2D eigenvalue weighted by Gasteiger charge is 2.34. The van der Waals surface area contributed by atoms with Crippen molar-refractivity contribution in [1.82, 2.24) is 5.32 Å². The molecule has 0 bridgehead atoms. The van der Waals surface area contributed by atoms with Gasteiger partial charge in [0.25, 0.3) is 0 Å². The number of aliphatic hydroxyl groups is 1. The molecule has 0 radical (unpaired) electrons. The van der Waals surface area contributed by atoms with Gasteiger partial charge in [-0.2, -0.15) is 0 Å². The SMILES string of the molecule is CC(C)(C)NC(=O)C1CCCCC1CC(O)C(N)Cc1ccccc1. The molecule has 0 aromatic heterocycles. The second kappa shape index (κ2) is 8.81. The lowest BCUT2D eigenvalue weighted by Crippen LogP contribution is -2.47. The van der Waals surface area contributed by atoms with Gasteiger partial charge in [-0.05, 0) is 57.9 Å². The van der Waals surface area contributed by atoms with E-state index in [0.29, 0.717) is 12.8 Å². The van der Waals surface area contributed by atoms with Gasteiger partial charge < -0.3 is 16.2 Å². The van der Waals surface area contributed by atoms with Crippen LogP contribution in [0.15, 0.2) is 30.3 Å². The summed E-state index contributed by atoms with van der Waals surface area (Å²) in [5.74, 6) is 0.334. The molecule has 1 aliphatic rings. The van der Waals surface area contributed by atoms with Gasteiger partial charge in [0.15, 0.2) is 0 Å². The van der Waals surface area contributed by atoms with Crippen LogP contribution in [-0.2, 0) is 11.2 Å². The smallest absolute Gasteiger partial charge is 0.223 e. The van der Waals surface area contributed by atoms with Crippen molar-refractivity contribution in [2.24, 2.45) is 17.6 Å². The molecule has 4 atom stereocenters. The second-order valence-electron chi connectivity index (χ2n) is 8.55. The summed E-state index contributed by atoms with van der Waals surface area (Å²) >= 11 is 0. The maximum atomic E-state index is 12.6. The Bertz CT molecular complexity index is 539. The Balaban J connectivity index is 1.94. The Kier molecular flexibility index (Phi) is 7.03. The fraction of sp³-hybridized carbons (Fsp3) is 0.667. The van der Waals surface area contributed by atoms with E-state index in [0.717, 1.165) is 31.2 Å². The first-order chi connectivity index (χ1) is 11.8. The number of carbonyl (C=O) groups is 1. The second-order valence-corrected chi connectivity index (χ2v) is 8.55. The monoisotopic (exact) mass is 346 g/mol. The molecule has 1 fully saturated rings. The van der Waals surface area contributed by atoms with Crippen LogP contribution >= 0.6 is 0 Å². The minimum atomic E-state index is -0.576. The average molecular weight is 347 g/mol. The maximum absolute atomic E-state index is 12.6. The predicted octanol–water partition coefficient (Wildman–Crippen LogP) is 3.03. The molecule has 25 heavy (non-hydrogen) atoms. The van der Waals surface area contributed by atoms with Crippen LogP contribution in [-0.4, -0.2) is 28.7 Å². The summed E-state index contributed by atoms with van der Waals surface area (Å²) in [6.07, 6.45) is 4.82. The highest BCUT2D eigenvalue weighted by atomic mass is 16.3. The lowest BCUT2D eigenvalue weighted by atomic mass is 9.75. The average Bonchev–Trinajstić information content (AvgIpc) is 2.54. The number of benzene rings is 1. The molecule has 0 heterocycles. The molecule has 0 aliphatic heterocycles. The zero-order chi connectivity index (χ0) is 18.4. The zero-order valence-corrected chi connectivity index (χ0v) is 15.9. The Morgan fingerprint density at radius 2 is 1.88 bits per heavy atom. The number of amides is 1. The molecular formula is C21H34N2O2. The summed E-state index contributed by atoms with van der Waals surface area (Å²) in [5.41, 5.74) is 7.16. The highest BCUT2D eigenvalue weighted by molar-refractivity contribution is 5.79. The first-order valence-corrected chi connectivity index (χ1v) is 9.56. The molecule has 4 unspecified atom stereocenters. The van der Waals surface area contributed by atoms with Crippen molar-refractivity contribution in [3.8, 4) is 0 Å². The Hall–Kier alpha value is -1.39. The van der Waals surface area contributed by atoms with Crippen molar-refractivity contribution < 1.29 is 9.90 Å². The third-order valence-corrected chi connectivity index (χ3v) is 5.10. The number of nitrogens with one attached hydrogen (secondary N) is 1. The molecule has 1 aromatic rings. The van der Waals surface area contributed by atoms with Gasteiger partial charge >= 0.3 is 0 Å². The standard InChI is InChI=1S/C21H34N2O2/c1-21(2,3)23-20(25)17-12-8-7-11-16(17)14-19(24)18(22)13-15-9-5-4-6-10-15/h4-6,9-10,16-19,24H,7-8,11-14,22H2,1-3H3,(H,23,25). The van der Waals surface area contributed by atoms with Crippen molar-refractivity contribution in [2.45, 2.75) is 77.0 Å². The summed E-state index contributed by atoms with van der Waals surface area (Å²) in [4.78, 5) is 12.6. The molecular weight excluding hydrogens is 312 g/mol. The van der Waals surface area contributed by atoms with Gasteiger partial charge in [-0.3, -0.25) is 4.79 Å². The van der Waals surface area contributed by atoms with E-state index in [4.69, 9.17) is 5.73 Å². The topological polar surface area (TPSA) is 75.3 Å². The minimum Gasteiger partial charge on any atom is -0.391 e. The van der Waals surface area contributed by atoms with Crippen molar-refractivity contribution in [3.63, 3.8) is 0 Å². The summed E-state index contributed by atoms with van der Waals surface area (Å²) in [6.45, 7) is 6.02. The summed E-state index contributed by atoms with van der Waals surface area (Å²) in [5, 5.41) is 13.7. The van der Waals surface area contributed by atoms with Crippen LogP contribution in [0, 0.1) is 11.8 Å². The van der Waals surface area contributed by atoms with E-state index in [9.17, 15) is 9.90 Å². The van der Waals surface area contributed by atoms with E-state index in [-0.39, 0.29) is 29.3 Å². The van der Waals surface area contributed by atoms with Gasteiger partial charge in [-0.25, -0.2) is 0 Å². The summed E-state index contributed by atoms with van der Waals surface area (Å²) in [6, 6.07) is 9.73. The Morgan fingerprint density at radius 3 is 2.52 bits per heavy atom. The van der Waals surface area contributed by atoms with Crippen LogP contribution in [0.2, 0.25) is 0 Å². The zero-order valence-electron chi connectivity index (χ0n) is 15.9. The number of nitrogens with two attached hydrogens (primary N) is 1. The molecule has 0 spiro atoms. The molecule has 1 aliphatic carbocycles. The van der Waals surface area contributed by atoms with Gasteiger partial charge in [-0.1, -0.05) is 43.2 Å². The van der Waals surface area contributed by atoms with Crippen LogP contribution < -0.4 is 11.1 Å². The van der Waals surface area contributed by atoms with Crippen LogP contribution in [0.4, 0.5) is 0 Å². The Labute approximate surface area is 152 Å². The van der Waals surface area contributed by atoms with Crippen molar-refractivity contribution in [1.29, 1.82) is 0 Å². The van der Waals surface area contributed by atoms with Crippen molar-refractivity contribution >= 4 is 5.91 Å². The molecule has 1 saturated carbocycles. The predicted molar refractivity (Wildman–Crippen MR) is 102 cm³/mol.